The molecule has 18 heavy (non-hydrogen) atoms. The van der Waals surface area contributed by atoms with Crippen LogP contribution in [-0.4, -0.2) is 20.2 Å². The molecule has 4 heteroatoms. The quantitative estimate of drug-likeness (QED) is 0.909. The van der Waals surface area contributed by atoms with Gasteiger partial charge in [0.05, 0.1) is 0 Å². The highest BCUT2D eigenvalue weighted by molar-refractivity contribution is 7.91. The fourth-order valence-corrected chi connectivity index (χ4v) is 3.01. The predicted molar refractivity (Wildman–Crippen MR) is 74.6 cm³/mol. The first-order valence-corrected chi connectivity index (χ1v) is 7.35. The van der Waals surface area contributed by atoms with Gasteiger partial charge in [0.25, 0.3) is 0 Å². The number of allylic oxidation sites excluding steroid dienone is 3. The van der Waals surface area contributed by atoms with Gasteiger partial charge < -0.3 is 0 Å². The average molecular weight is 263 g/mol. The Labute approximate surface area is 108 Å². The van der Waals surface area contributed by atoms with Crippen LogP contribution < -0.4 is 4.72 Å². The maximum Gasteiger partial charge on any atom is 0.220 e. The fourth-order valence-electron chi connectivity index (χ4n) is 1.99. The van der Waals surface area contributed by atoms with Crippen LogP contribution in [0.1, 0.15) is 18.9 Å². The SMILES string of the molecule is CNS(=O)(=O)C1(C)C=CC(c2ccccc2)=CC1. The van der Waals surface area contributed by atoms with Crippen molar-refractivity contribution >= 4 is 15.6 Å². The summed E-state index contributed by atoms with van der Waals surface area (Å²) in [5.74, 6) is 0. The molecule has 0 amide bonds. The van der Waals surface area contributed by atoms with Crippen molar-refractivity contribution in [1.29, 1.82) is 0 Å². The third-order valence-corrected chi connectivity index (χ3v) is 5.40. The molecule has 1 atom stereocenters. The van der Waals surface area contributed by atoms with Crippen molar-refractivity contribution in [3.8, 4) is 0 Å². The maximum absolute atomic E-state index is 11.9. The molecule has 1 aliphatic rings. The number of benzene rings is 1. The van der Waals surface area contributed by atoms with Crippen LogP contribution in [-0.2, 0) is 10.0 Å². The lowest BCUT2D eigenvalue weighted by Gasteiger charge is -2.27. The monoisotopic (exact) mass is 263 g/mol. The molecule has 0 fully saturated rings. The molecular formula is C14H17NO2S. The standard InChI is InChI=1S/C14H17NO2S/c1-14(18(16,17)15-2)10-8-13(9-11-14)12-6-4-3-5-7-12/h3-10,15H,11H2,1-2H3. The zero-order valence-corrected chi connectivity index (χ0v) is 11.4. The van der Waals surface area contributed by atoms with Crippen molar-refractivity contribution < 1.29 is 8.42 Å². The van der Waals surface area contributed by atoms with E-state index in [9.17, 15) is 8.42 Å². The van der Waals surface area contributed by atoms with Crippen LogP contribution in [0.5, 0.6) is 0 Å². The van der Waals surface area contributed by atoms with Crippen LogP contribution in [0.25, 0.3) is 5.57 Å². The Hall–Kier alpha value is -1.39. The van der Waals surface area contributed by atoms with E-state index in [1.165, 1.54) is 7.05 Å². The summed E-state index contributed by atoms with van der Waals surface area (Å²) in [6, 6.07) is 9.95. The van der Waals surface area contributed by atoms with Crippen LogP contribution in [0.15, 0.2) is 48.6 Å². The number of sulfonamides is 1. The molecule has 1 aliphatic carbocycles. The van der Waals surface area contributed by atoms with Crippen molar-refractivity contribution in [2.75, 3.05) is 7.05 Å². The summed E-state index contributed by atoms with van der Waals surface area (Å²) in [6.07, 6.45) is 6.11. The maximum atomic E-state index is 11.9. The molecule has 0 saturated heterocycles. The Kier molecular flexibility index (Phi) is 3.41. The lowest BCUT2D eigenvalue weighted by atomic mass is 9.94. The second kappa shape index (κ2) is 4.71. The van der Waals surface area contributed by atoms with Gasteiger partial charge in [-0.2, -0.15) is 0 Å². The van der Waals surface area contributed by atoms with Crippen molar-refractivity contribution in [1.82, 2.24) is 4.72 Å². The van der Waals surface area contributed by atoms with Crippen LogP contribution >= 0.6 is 0 Å². The van der Waals surface area contributed by atoms with Gasteiger partial charge in [0.15, 0.2) is 0 Å². The molecule has 0 heterocycles. The van der Waals surface area contributed by atoms with Crippen molar-refractivity contribution in [2.24, 2.45) is 0 Å². The van der Waals surface area contributed by atoms with Gasteiger partial charge in [-0.25, -0.2) is 13.1 Å². The van der Waals surface area contributed by atoms with E-state index in [4.69, 9.17) is 0 Å². The zero-order valence-electron chi connectivity index (χ0n) is 10.6. The lowest BCUT2D eigenvalue weighted by Crippen LogP contribution is -2.41. The van der Waals surface area contributed by atoms with Crippen molar-refractivity contribution in [2.45, 2.75) is 18.1 Å². The molecule has 0 aliphatic heterocycles. The van der Waals surface area contributed by atoms with Gasteiger partial charge in [-0.3, -0.25) is 0 Å². The second-order valence-corrected chi connectivity index (χ2v) is 6.93. The largest absolute Gasteiger partial charge is 0.220 e. The van der Waals surface area contributed by atoms with Crippen molar-refractivity contribution in [3.05, 3.63) is 54.1 Å². The van der Waals surface area contributed by atoms with E-state index in [1.807, 2.05) is 42.5 Å². The van der Waals surface area contributed by atoms with Gasteiger partial charge in [0.1, 0.15) is 4.75 Å². The lowest BCUT2D eigenvalue weighted by molar-refractivity contribution is 0.554. The van der Waals surface area contributed by atoms with E-state index in [-0.39, 0.29) is 0 Å². The highest BCUT2D eigenvalue weighted by atomic mass is 32.2. The molecule has 96 valence electrons. The second-order valence-electron chi connectivity index (χ2n) is 4.58. The Bertz CT molecular complexity index is 587. The Morgan fingerprint density at radius 3 is 2.39 bits per heavy atom. The number of nitrogens with one attached hydrogen (secondary N) is 1. The molecule has 3 nitrogen and oxygen atoms in total. The van der Waals surface area contributed by atoms with E-state index < -0.39 is 14.8 Å². The molecule has 1 N–H and O–H groups in total. The number of hydrogen-bond acceptors (Lipinski definition) is 2. The summed E-state index contributed by atoms with van der Waals surface area (Å²) in [6.45, 7) is 1.73. The third-order valence-electron chi connectivity index (χ3n) is 3.33. The molecule has 1 unspecified atom stereocenters. The highest BCUT2D eigenvalue weighted by Crippen LogP contribution is 2.31. The van der Waals surface area contributed by atoms with Gasteiger partial charge in [-0.05, 0) is 31.5 Å². The van der Waals surface area contributed by atoms with Crippen LogP contribution in [0.3, 0.4) is 0 Å². The van der Waals surface area contributed by atoms with E-state index in [2.05, 4.69) is 4.72 Å². The molecule has 1 aromatic carbocycles. The van der Waals surface area contributed by atoms with Gasteiger partial charge >= 0.3 is 0 Å². The van der Waals surface area contributed by atoms with Gasteiger partial charge in [-0.1, -0.05) is 48.6 Å². The Balaban J connectivity index is 2.28. The molecular weight excluding hydrogens is 246 g/mol. The number of hydrogen-bond donors (Lipinski definition) is 1. The van der Waals surface area contributed by atoms with E-state index >= 15 is 0 Å². The zero-order chi connectivity index (χ0) is 13.2. The molecule has 0 spiro atoms. The first-order chi connectivity index (χ1) is 8.48. The fraction of sp³-hybridized carbons (Fsp3) is 0.286. The van der Waals surface area contributed by atoms with Crippen LogP contribution in [0.2, 0.25) is 0 Å². The van der Waals surface area contributed by atoms with E-state index in [0.717, 1.165) is 11.1 Å². The molecule has 0 aromatic heterocycles. The third kappa shape index (κ3) is 2.26. The van der Waals surface area contributed by atoms with E-state index in [1.54, 1.807) is 13.0 Å². The molecule has 1 aromatic rings. The smallest absolute Gasteiger partial charge is 0.218 e. The summed E-state index contributed by atoms with van der Waals surface area (Å²) < 4.78 is 25.4. The minimum Gasteiger partial charge on any atom is -0.218 e. The Morgan fingerprint density at radius 1 is 1.22 bits per heavy atom. The van der Waals surface area contributed by atoms with E-state index in [0.29, 0.717) is 6.42 Å². The van der Waals surface area contributed by atoms with Crippen LogP contribution in [0.4, 0.5) is 0 Å². The summed E-state index contributed by atoms with van der Waals surface area (Å²) in [4.78, 5) is 0. The first-order valence-electron chi connectivity index (χ1n) is 5.86. The summed E-state index contributed by atoms with van der Waals surface area (Å²) in [5.41, 5.74) is 2.18. The molecule has 0 bridgehead atoms. The molecule has 0 radical (unpaired) electrons. The van der Waals surface area contributed by atoms with Gasteiger partial charge in [0, 0.05) is 0 Å². The van der Waals surface area contributed by atoms with Gasteiger partial charge in [0.2, 0.25) is 10.0 Å². The van der Waals surface area contributed by atoms with Crippen molar-refractivity contribution in [3.63, 3.8) is 0 Å². The highest BCUT2D eigenvalue weighted by Gasteiger charge is 2.36. The predicted octanol–water partition coefficient (Wildman–Crippen LogP) is 2.34. The first kappa shape index (κ1) is 13.1. The molecule has 0 saturated carbocycles. The topological polar surface area (TPSA) is 46.2 Å². The Morgan fingerprint density at radius 2 is 1.89 bits per heavy atom. The summed E-state index contributed by atoms with van der Waals surface area (Å²) in [7, 11) is -1.86. The summed E-state index contributed by atoms with van der Waals surface area (Å²) >= 11 is 0. The van der Waals surface area contributed by atoms with Crippen LogP contribution in [0, 0.1) is 0 Å². The average Bonchev–Trinajstić information content (AvgIpc) is 2.40. The minimum absolute atomic E-state index is 0.483. The normalized spacial score (nSPS) is 23.8. The molecule has 2 rings (SSSR count). The minimum atomic E-state index is -3.31. The van der Waals surface area contributed by atoms with Gasteiger partial charge in [-0.15, -0.1) is 0 Å². The number of rotatable bonds is 3. The summed E-state index contributed by atoms with van der Waals surface area (Å²) in [5, 5.41) is 0.